The van der Waals surface area contributed by atoms with Gasteiger partial charge in [-0.25, -0.2) is 19.9 Å². The van der Waals surface area contributed by atoms with Crippen LogP contribution in [0.5, 0.6) is 11.6 Å². The highest BCUT2D eigenvalue weighted by Crippen LogP contribution is 2.33. The molecule has 5 aromatic rings. The van der Waals surface area contributed by atoms with Crippen LogP contribution in [0, 0.1) is 5.92 Å². The lowest BCUT2D eigenvalue weighted by atomic mass is 10.0. The van der Waals surface area contributed by atoms with Crippen LogP contribution in [0.3, 0.4) is 0 Å². The quantitative estimate of drug-likeness (QED) is 0.185. The molecule has 10 nitrogen and oxygen atoms in total. The number of hydrogen-bond donors (Lipinski definition) is 0. The number of carbonyl (C=O) groups is 1. The zero-order valence-corrected chi connectivity index (χ0v) is 27.7. The summed E-state index contributed by atoms with van der Waals surface area (Å²) in [5.41, 5.74) is 4.46. The van der Waals surface area contributed by atoms with Crippen LogP contribution in [0.15, 0.2) is 58.3 Å². The molecule has 0 N–H and O–H groups in total. The van der Waals surface area contributed by atoms with Crippen molar-refractivity contribution in [3.05, 3.63) is 69.0 Å². The Morgan fingerprint density at radius 1 is 0.952 bits per heavy atom. The Kier molecular flexibility index (Phi) is 9.05. The van der Waals surface area contributed by atoms with E-state index in [-0.39, 0.29) is 24.0 Å². The van der Waals surface area contributed by atoms with Crippen LogP contribution < -0.4 is 9.47 Å². The predicted octanol–water partition coefficient (Wildman–Crippen LogP) is 6.50. The molecule has 0 aliphatic carbocycles. The second kappa shape index (κ2) is 12.6. The molecule has 1 fully saturated rings. The first kappa shape index (κ1) is 30.2. The van der Waals surface area contributed by atoms with Crippen LogP contribution in [0.4, 0.5) is 0 Å². The Labute approximate surface area is 265 Å². The van der Waals surface area contributed by atoms with E-state index in [9.17, 15) is 4.79 Å². The second-order valence-electron chi connectivity index (χ2n) is 10.2. The summed E-state index contributed by atoms with van der Waals surface area (Å²) in [6.45, 7) is 4.71. The van der Waals surface area contributed by atoms with E-state index >= 15 is 0 Å². The summed E-state index contributed by atoms with van der Waals surface area (Å²) in [6.07, 6.45) is 3.75. The van der Waals surface area contributed by atoms with Crippen LogP contribution >= 0.6 is 43.5 Å². The van der Waals surface area contributed by atoms with E-state index < -0.39 is 0 Å². The molecular formula is C29H30Br2ClN7O3. The molecule has 0 spiro atoms. The number of rotatable bonds is 6. The third-order valence-corrected chi connectivity index (χ3v) is 8.55. The maximum atomic E-state index is 12.8. The van der Waals surface area contributed by atoms with Crippen molar-refractivity contribution in [2.75, 3.05) is 13.7 Å². The number of methoxy groups -OCH3 is 1. The number of benzene rings is 1. The highest BCUT2D eigenvalue weighted by atomic mass is 79.9. The monoisotopic (exact) mass is 717 g/mol. The fraction of sp³-hybridized carbons (Fsp3) is 0.345. The van der Waals surface area contributed by atoms with Gasteiger partial charge in [0.25, 0.3) is 0 Å². The van der Waals surface area contributed by atoms with Crippen LogP contribution in [0.1, 0.15) is 31.9 Å². The van der Waals surface area contributed by atoms with Gasteiger partial charge in [-0.1, -0.05) is 23.7 Å². The third kappa shape index (κ3) is 6.25. The Morgan fingerprint density at radius 2 is 1.55 bits per heavy atom. The topological polar surface area (TPSA) is 100 Å². The summed E-state index contributed by atoms with van der Waals surface area (Å²) in [5.74, 6) is 1.57. The van der Waals surface area contributed by atoms with E-state index in [2.05, 4.69) is 58.7 Å². The first-order valence-electron chi connectivity index (χ1n) is 13.3. The van der Waals surface area contributed by atoms with Gasteiger partial charge in [-0.15, -0.1) is 0 Å². The Morgan fingerprint density at radius 3 is 2.19 bits per heavy atom. The van der Waals surface area contributed by atoms with E-state index in [1.54, 1.807) is 19.8 Å². The van der Waals surface area contributed by atoms with Crippen LogP contribution in [-0.2, 0) is 18.9 Å². The molecule has 0 bridgehead atoms. The van der Waals surface area contributed by atoms with Gasteiger partial charge in [-0.3, -0.25) is 4.79 Å². The molecule has 1 aliphatic rings. The average molecular weight is 720 g/mol. The van der Waals surface area contributed by atoms with Gasteiger partial charge in [0.1, 0.15) is 32.1 Å². The van der Waals surface area contributed by atoms with Gasteiger partial charge >= 0.3 is 0 Å². The van der Waals surface area contributed by atoms with Crippen molar-refractivity contribution in [2.24, 2.45) is 20.0 Å². The Hall–Kier alpha value is -3.22. The minimum atomic E-state index is -0.165. The number of imidazole rings is 2. The van der Waals surface area contributed by atoms with Crippen LogP contribution in [-0.4, -0.2) is 59.6 Å². The number of carbonyl (C=O) groups excluding carboxylic acids is 1. The first-order chi connectivity index (χ1) is 20.0. The average Bonchev–Trinajstić information content (AvgIpc) is 3.65. The summed E-state index contributed by atoms with van der Waals surface area (Å²) in [5, 5.41) is 0.472. The van der Waals surface area contributed by atoms with Gasteiger partial charge in [0.15, 0.2) is 5.15 Å². The highest BCUT2D eigenvalue weighted by molar-refractivity contribution is 9.10. The molecule has 1 aliphatic heterocycles. The zero-order chi connectivity index (χ0) is 30.1. The molecule has 0 radical (unpaired) electrons. The van der Waals surface area contributed by atoms with Gasteiger partial charge in [0.05, 0.1) is 36.8 Å². The molecule has 0 unspecified atom stereocenters. The molecule has 1 amide bonds. The van der Waals surface area contributed by atoms with E-state index in [4.69, 9.17) is 21.1 Å². The number of pyridine rings is 2. The van der Waals surface area contributed by atoms with Crippen LogP contribution in [0.2, 0.25) is 5.15 Å². The number of aromatic nitrogens is 6. The molecule has 220 valence electrons. The summed E-state index contributed by atoms with van der Waals surface area (Å²) in [7, 11) is 5.45. The van der Waals surface area contributed by atoms with E-state index in [0.29, 0.717) is 33.2 Å². The van der Waals surface area contributed by atoms with E-state index in [1.165, 1.54) is 0 Å². The minimum absolute atomic E-state index is 0.00613. The summed E-state index contributed by atoms with van der Waals surface area (Å²) >= 11 is 12.6. The SMILES string of the molecule is COc1ccc([C@@H](C)N2C[C@H]([C@@H](C)Oc3nc(Br)cc4ncn(C)c34)CC2=O)cc1.Cn1cnc2cc(Br)nc(Cl)c21. The smallest absolute Gasteiger partial charge is 0.241 e. The van der Waals surface area contributed by atoms with Crippen LogP contribution in [0.25, 0.3) is 22.1 Å². The predicted molar refractivity (Wildman–Crippen MR) is 169 cm³/mol. The molecular weight excluding hydrogens is 690 g/mol. The fourth-order valence-corrected chi connectivity index (χ4v) is 6.27. The third-order valence-electron chi connectivity index (χ3n) is 7.47. The fourth-order valence-electron chi connectivity index (χ4n) is 5.07. The first-order valence-corrected chi connectivity index (χ1v) is 15.2. The number of likely N-dealkylation sites (tertiary alicyclic amines) is 1. The molecule has 6 rings (SSSR count). The molecule has 5 heterocycles. The lowest BCUT2D eigenvalue weighted by Gasteiger charge is -2.26. The van der Waals surface area contributed by atoms with Gasteiger partial charge in [0.2, 0.25) is 11.8 Å². The maximum absolute atomic E-state index is 12.8. The number of nitrogens with zero attached hydrogens (tertiary/aromatic N) is 7. The van der Waals surface area contributed by atoms with Gasteiger partial charge in [-0.2, -0.15) is 0 Å². The van der Waals surface area contributed by atoms with Gasteiger partial charge in [-0.05, 0) is 75.5 Å². The summed E-state index contributed by atoms with van der Waals surface area (Å²) < 4.78 is 16.6. The zero-order valence-electron chi connectivity index (χ0n) is 23.8. The van der Waals surface area contributed by atoms with Gasteiger partial charge in [0, 0.05) is 33.0 Å². The molecule has 42 heavy (non-hydrogen) atoms. The van der Waals surface area contributed by atoms with E-state index in [1.807, 2.05) is 71.5 Å². The number of amides is 1. The molecule has 3 atom stereocenters. The van der Waals surface area contributed by atoms with Crippen molar-refractivity contribution in [1.29, 1.82) is 0 Å². The largest absolute Gasteiger partial charge is 0.497 e. The van der Waals surface area contributed by atoms with Crippen molar-refractivity contribution in [2.45, 2.75) is 32.4 Å². The van der Waals surface area contributed by atoms with E-state index in [0.717, 1.165) is 33.4 Å². The van der Waals surface area contributed by atoms with Gasteiger partial charge < -0.3 is 23.5 Å². The van der Waals surface area contributed by atoms with Crippen molar-refractivity contribution in [3.8, 4) is 11.6 Å². The second-order valence-corrected chi connectivity index (χ2v) is 12.2. The van der Waals surface area contributed by atoms with Crippen molar-refractivity contribution >= 4 is 71.4 Å². The molecule has 1 aromatic carbocycles. The molecule has 13 heteroatoms. The van der Waals surface area contributed by atoms with Crippen molar-refractivity contribution in [3.63, 3.8) is 0 Å². The van der Waals surface area contributed by atoms with Crippen molar-refractivity contribution in [1.82, 2.24) is 34.0 Å². The summed E-state index contributed by atoms with van der Waals surface area (Å²) in [4.78, 5) is 31.8. The normalized spacial score (nSPS) is 16.4. The van der Waals surface area contributed by atoms with Crippen molar-refractivity contribution < 1.29 is 14.3 Å². The Bertz CT molecular complexity index is 1740. The lowest BCUT2D eigenvalue weighted by molar-refractivity contribution is -0.129. The number of fused-ring (bicyclic) bond motifs is 2. The standard InChI is InChI=1S/C22H25BrN4O3.C7H5BrClN3/c1-13(15-5-7-17(29-4)8-6-15)27-11-16(9-20(27)28)14(2)30-22-21-18(10-19(23)25-22)24-12-26(21)3;1-12-3-10-4-2-5(8)11-7(9)6(4)12/h5-8,10,12-14,16H,9,11H2,1-4H3;2-3H,1H3/t13-,14-,16-;/m1./s1. The Balaban J connectivity index is 0.000000244. The minimum Gasteiger partial charge on any atom is -0.497 e. The number of halogens is 3. The lowest BCUT2D eigenvalue weighted by Crippen LogP contribution is -2.31. The highest BCUT2D eigenvalue weighted by Gasteiger charge is 2.37. The summed E-state index contributed by atoms with van der Waals surface area (Å²) in [6, 6.07) is 11.6. The molecule has 4 aromatic heterocycles. The number of hydrogen-bond acceptors (Lipinski definition) is 7. The maximum Gasteiger partial charge on any atom is 0.241 e. The number of aryl methyl sites for hydroxylation is 2. The number of ether oxygens (including phenoxy) is 2. The molecule has 1 saturated heterocycles. The molecule has 0 saturated carbocycles.